The van der Waals surface area contributed by atoms with Gasteiger partial charge in [-0.25, -0.2) is 0 Å². The molecule has 46 heavy (non-hydrogen) atoms. The number of allylic oxidation sites excluding steroid dienone is 1. The molecule has 0 fully saturated rings. The van der Waals surface area contributed by atoms with E-state index in [2.05, 4.69) is 0 Å². The first-order chi connectivity index (χ1) is 21.2. The van der Waals surface area contributed by atoms with Gasteiger partial charge in [0.15, 0.2) is 11.4 Å². The van der Waals surface area contributed by atoms with E-state index in [4.69, 9.17) is 23.3 Å². The van der Waals surface area contributed by atoms with Crippen LogP contribution in [0.25, 0.3) is 0 Å². The molecule has 1 amide bonds. The maximum Gasteiger partial charge on any atom is 0.394 e. The van der Waals surface area contributed by atoms with Crippen molar-refractivity contribution < 1.29 is 57.3 Å². The van der Waals surface area contributed by atoms with Crippen molar-refractivity contribution in [2.45, 2.75) is 57.6 Å². The number of carbonyl (C=O) groups excluding carboxylic acids is 3. The third-order valence-corrected chi connectivity index (χ3v) is 8.49. The molecule has 0 heterocycles. The zero-order valence-corrected chi connectivity index (χ0v) is 26.4. The van der Waals surface area contributed by atoms with Crippen LogP contribution in [0.4, 0.5) is 11.4 Å². The Morgan fingerprint density at radius 3 is 2.20 bits per heavy atom. The van der Waals surface area contributed by atoms with Gasteiger partial charge in [-0.15, -0.1) is 0 Å². The highest BCUT2D eigenvalue weighted by molar-refractivity contribution is 7.79. The number of aromatic hydroxyl groups is 1. The molecular formula is C28H38N4O13S. The zero-order valence-electron chi connectivity index (χ0n) is 25.6. The lowest BCUT2D eigenvalue weighted by molar-refractivity contribution is -0.385. The van der Waals surface area contributed by atoms with Crippen LogP contribution in [0.15, 0.2) is 28.7 Å². The van der Waals surface area contributed by atoms with E-state index in [9.17, 15) is 44.9 Å². The molecule has 3 aliphatic rings. The average molecular weight is 671 g/mol. The lowest BCUT2D eigenvalue weighted by Gasteiger charge is -2.50. The summed E-state index contributed by atoms with van der Waals surface area (Å²) in [5.41, 5.74) is 1.07. The van der Waals surface area contributed by atoms with Crippen LogP contribution in [0.3, 0.4) is 0 Å². The molecule has 0 aliphatic heterocycles. The Kier molecular flexibility index (Phi) is 10.5. The third kappa shape index (κ3) is 6.43. The molecule has 254 valence electrons. The fourth-order valence-electron chi connectivity index (χ4n) is 6.68. The Hall–Kier alpha value is -4.10. The number of phenolic OH excluding ortho intramolecular Hbond substituents is 1. The number of carbonyl (C=O) groups is 3. The molecule has 0 radical (unpaired) electrons. The van der Waals surface area contributed by atoms with Gasteiger partial charge in [-0.2, -0.15) is 8.42 Å². The number of anilines is 1. The van der Waals surface area contributed by atoms with Crippen LogP contribution in [0.5, 0.6) is 5.75 Å². The molecule has 2 unspecified atom stereocenters. The molecule has 4 rings (SSSR count). The highest BCUT2D eigenvalue weighted by Gasteiger charge is 2.63. The number of Topliss-reactive ketones (excluding diaryl/α,β-unsaturated/α-hetero) is 2. The number of amides is 1. The number of fused-ring (bicyclic) bond motifs is 3. The van der Waals surface area contributed by atoms with Crippen LogP contribution in [0.2, 0.25) is 0 Å². The maximum absolute atomic E-state index is 14.0. The summed E-state index contributed by atoms with van der Waals surface area (Å²) >= 11 is 0. The highest BCUT2D eigenvalue weighted by Crippen LogP contribution is 2.54. The number of primary amides is 1. The summed E-state index contributed by atoms with van der Waals surface area (Å²) in [6.07, 6.45) is 2.34. The van der Waals surface area contributed by atoms with Crippen LogP contribution < -0.4 is 10.6 Å². The first-order valence-electron chi connectivity index (χ1n) is 14.4. The number of unbranched alkanes of at least 4 members (excludes halogenated alkanes) is 1. The number of hydrogen-bond acceptors (Lipinski definition) is 13. The normalized spacial score (nSPS) is 24.1. The fraction of sp³-hybridized carbons (Fsp3) is 0.536. The van der Waals surface area contributed by atoms with Gasteiger partial charge >= 0.3 is 16.1 Å². The Morgan fingerprint density at radius 1 is 1.13 bits per heavy atom. The minimum absolute atomic E-state index is 0.0573. The van der Waals surface area contributed by atoms with Crippen LogP contribution >= 0.6 is 0 Å². The van der Waals surface area contributed by atoms with Gasteiger partial charge in [-0.05, 0) is 51.3 Å². The number of hydrogen-bond donors (Lipinski definition) is 7. The van der Waals surface area contributed by atoms with E-state index >= 15 is 0 Å². The number of nitrogens with two attached hydrogens (primary N) is 1. The molecule has 4 atom stereocenters. The van der Waals surface area contributed by atoms with E-state index in [1.54, 1.807) is 14.1 Å². The van der Waals surface area contributed by atoms with Crippen LogP contribution in [0.1, 0.15) is 55.5 Å². The zero-order chi connectivity index (χ0) is 35.0. The standard InChI is InChI=1S/C28H36N4O9.H2O4S/c1-5-7-9-31(8-6-2)16-12-17(32(40)41)22(33)19-14(16)10-13-11-15-21(30(3)4)24(35)20(27(29)38)26(37)28(15,39)25(36)18(13)23(19)34;1-5(2,3)4/h12-13,15,21,33,35-36,39H,5-11H2,1-4H3,(H2,29,38);(H2,1,2,3,4)/t13?,15?,21-,28-;/m0./s1. The van der Waals surface area contributed by atoms with Crippen molar-refractivity contribution >= 4 is 39.2 Å². The van der Waals surface area contributed by atoms with Crippen molar-refractivity contribution in [2.24, 2.45) is 17.6 Å². The topological polar surface area (TPSA) is 282 Å². The maximum atomic E-state index is 14.0. The first-order valence-corrected chi connectivity index (χ1v) is 15.8. The number of nitro groups is 1. The van der Waals surface area contributed by atoms with Gasteiger partial charge in [0, 0.05) is 36.3 Å². The Labute approximate surface area is 264 Å². The molecule has 1 aromatic rings. The van der Waals surface area contributed by atoms with Gasteiger partial charge in [0.25, 0.3) is 5.91 Å². The summed E-state index contributed by atoms with van der Waals surface area (Å²) in [6, 6.07) is 0.160. The molecule has 0 saturated carbocycles. The summed E-state index contributed by atoms with van der Waals surface area (Å²) in [4.78, 5) is 54.1. The van der Waals surface area contributed by atoms with E-state index in [1.165, 1.54) is 11.0 Å². The van der Waals surface area contributed by atoms with E-state index < -0.39 is 84.8 Å². The Balaban J connectivity index is 0.00000107. The molecule has 0 aromatic heterocycles. The second-order valence-electron chi connectivity index (χ2n) is 11.6. The number of rotatable bonds is 9. The number of ketones is 2. The SMILES string of the molecule is CCCCN(CCC)c1cc([N+](=O)[O-])c(O)c2c1CC1CC3[C@H](N(C)C)C(O)=C(C(N)=O)C(=O)[C@@]3(O)C(O)=C1C2=O.O=S(=O)(O)O. The highest BCUT2D eigenvalue weighted by atomic mass is 32.3. The second-order valence-corrected chi connectivity index (χ2v) is 12.5. The van der Waals surface area contributed by atoms with Gasteiger partial charge in [-0.1, -0.05) is 20.3 Å². The number of nitro benzene ring substituents is 1. The van der Waals surface area contributed by atoms with Crippen LogP contribution in [-0.2, 0) is 26.4 Å². The quantitative estimate of drug-likeness (QED) is 0.0846. The van der Waals surface area contributed by atoms with Crippen molar-refractivity contribution in [1.29, 1.82) is 0 Å². The average Bonchev–Trinajstić information content (AvgIpc) is 2.92. The minimum atomic E-state index is -4.67. The number of nitrogens with zero attached hydrogens (tertiary/aromatic N) is 3. The largest absolute Gasteiger partial charge is 0.510 e. The number of aliphatic hydroxyl groups is 3. The number of likely N-dealkylation sites (N-methyl/N-ethyl adjacent to an activating group) is 1. The van der Waals surface area contributed by atoms with Crippen molar-refractivity contribution in [2.75, 3.05) is 32.1 Å². The lowest BCUT2D eigenvalue weighted by Crippen LogP contribution is -2.63. The van der Waals surface area contributed by atoms with Gasteiger partial charge < -0.3 is 31.1 Å². The van der Waals surface area contributed by atoms with Gasteiger partial charge in [0.2, 0.25) is 11.5 Å². The number of phenols is 1. The minimum Gasteiger partial charge on any atom is -0.510 e. The summed E-state index contributed by atoms with van der Waals surface area (Å²) in [7, 11) is -1.56. The summed E-state index contributed by atoms with van der Waals surface area (Å²) in [6.45, 7) is 5.05. The molecular weight excluding hydrogens is 632 g/mol. The van der Waals surface area contributed by atoms with Crippen molar-refractivity contribution in [1.82, 2.24) is 4.90 Å². The van der Waals surface area contributed by atoms with Gasteiger partial charge in [0.1, 0.15) is 17.1 Å². The summed E-state index contributed by atoms with van der Waals surface area (Å²) < 4.78 is 31.6. The predicted molar refractivity (Wildman–Crippen MR) is 162 cm³/mol. The Bertz CT molecular complexity index is 1630. The number of aliphatic hydroxyl groups excluding tert-OH is 2. The van der Waals surface area contributed by atoms with Crippen LogP contribution in [-0.4, -0.2) is 104 Å². The second kappa shape index (κ2) is 13.3. The van der Waals surface area contributed by atoms with Crippen molar-refractivity contribution in [3.8, 4) is 5.75 Å². The summed E-state index contributed by atoms with van der Waals surface area (Å²) in [5.74, 6) is -8.06. The smallest absolute Gasteiger partial charge is 0.394 e. The summed E-state index contributed by atoms with van der Waals surface area (Å²) in [5, 5.41) is 57.0. The predicted octanol–water partition coefficient (Wildman–Crippen LogP) is 1.39. The van der Waals surface area contributed by atoms with E-state index in [-0.39, 0.29) is 24.0 Å². The molecule has 8 N–H and O–H groups in total. The molecule has 0 bridgehead atoms. The van der Waals surface area contributed by atoms with E-state index in [0.717, 1.165) is 12.8 Å². The van der Waals surface area contributed by atoms with Gasteiger partial charge in [-0.3, -0.25) is 38.5 Å². The van der Waals surface area contributed by atoms with Crippen LogP contribution in [0, 0.1) is 22.0 Å². The lowest BCUT2D eigenvalue weighted by atomic mass is 9.58. The first kappa shape index (κ1) is 36.4. The Morgan fingerprint density at radius 2 is 1.72 bits per heavy atom. The fourth-order valence-corrected chi connectivity index (χ4v) is 6.68. The van der Waals surface area contributed by atoms with Crippen molar-refractivity contribution in [3.05, 3.63) is 50.0 Å². The molecule has 17 nitrogen and oxygen atoms in total. The van der Waals surface area contributed by atoms with E-state index in [0.29, 0.717) is 30.8 Å². The molecule has 0 saturated heterocycles. The number of benzene rings is 1. The molecule has 3 aliphatic carbocycles. The van der Waals surface area contributed by atoms with Gasteiger partial charge in [0.05, 0.1) is 16.5 Å². The monoisotopic (exact) mass is 670 g/mol. The van der Waals surface area contributed by atoms with E-state index in [1.807, 2.05) is 18.7 Å². The van der Waals surface area contributed by atoms with Crippen molar-refractivity contribution in [3.63, 3.8) is 0 Å². The molecule has 18 heteroatoms. The third-order valence-electron chi connectivity index (χ3n) is 8.49. The molecule has 1 aromatic carbocycles. The molecule has 0 spiro atoms.